The molecule has 1 atom stereocenters. The molecular formula is C25H27ClN2O5S. The van der Waals surface area contributed by atoms with E-state index in [2.05, 4.69) is 5.32 Å². The minimum Gasteiger partial charge on any atom is -0.493 e. The van der Waals surface area contributed by atoms with Gasteiger partial charge in [0.25, 0.3) is 10.0 Å². The molecule has 0 unspecified atom stereocenters. The Kier molecular flexibility index (Phi) is 8.06. The van der Waals surface area contributed by atoms with Crippen LogP contribution in [0.5, 0.6) is 11.5 Å². The molecule has 180 valence electrons. The molecule has 0 heterocycles. The molecule has 9 heteroatoms. The zero-order valence-electron chi connectivity index (χ0n) is 19.4. The lowest BCUT2D eigenvalue weighted by molar-refractivity contribution is -0.120. The SMILES string of the molecule is COc1ccc([C@@H](C)NC(=O)CN(c2ccccc2Cl)S(=O)(=O)c2ccc(C)cc2)cc1OC. The molecule has 0 aliphatic rings. The molecule has 0 fully saturated rings. The fourth-order valence-electron chi connectivity index (χ4n) is 3.41. The minimum absolute atomic E-state index is 0.0683. The smallest absolute Gasteiger partial charge is 0.264 e. The van der Waals surface area contributed by atoms with Crippen molar-refractivity contribution < 1.29 is 22.7 Å². The number of hydrogen-bond acceptors (Lipinski definition) is 5. The Labute approximate surface area is 205 Å². The first-order valence-electron chi connectivity index (χ1n) is 10.5. The molecule has 0 spiro atoms. The third-order valence-corrected chi connectivity index (χ3v) is 7.40. The van der Waals surface area contributed by atoms with E-state index in [-0.39, 0.29) is 15.6 Å². The average molecular weight is 503 g/mol. The number of anilines is 1. The first kappa shape index (κ1) is 25.4. The summed E-state index contributed by atoms with van der Waals surface area (Å²) in [6.45, 7) is 3.22. The lowest BCUT2D eigenvalue weighted by Gasteiger charge is -2.26. The average Bonchev–Trinajstić information content (AvgIpc) is 2.82. The normalized spacial score (nSPS) is 12.0. The largest absolute Gasteiger partial charge is 0.493 e. The van der Waals surface area contributed by atoms with Gasteiger partial charge in [-0.3, -0.25) is 9.10 Å². The van der Waals surface area contributed by atoms with Gasteiger partial charge in [0.15, 0.2) is 11.5 Å². The number of rotatable bonds is 9. The van der Waals surface area contributed by atoms with Crippen LogP contribution in [0, 0.1) is 6.92 Å². The number of amides is 1. The zero-order chi connectivity index (χ0) is 24.9. The van der Waals surface area contributed by atoms with E-state index in [0.717, 1.165) is 15.4 Å². The van der Waals surface area contributed by atoms with Crippen LogP contribution in [0.3, 0.4) is 0 Å². The Morgan fingerprint density at radius 1 is 1.00 bits per heavy atom. The Balaban J connectivity index is 1.89. The van der Waals surface area contributed by atoms with Crippen molar-refractivity contribution in [3.05, 3.63) is 82.9 Å². The van der Waals surface area contributed by atoms with Crippen LogP contribution in [0.1, 0.15) is 24.1 Å². The van der Waals surface area contributed by atoms with Gasteiger partial charge in [-0.1, -0.05) is 47.5 Å². The number of carbonyl (C=O) groups is 1. The van der Waals surface area contributed by atoms with Crippen LogP contribution in [0.15, 0.2) is 71.6 Å². The van der Waals surface area contributed by atoms with Gasteiger partial charge in [-0.25, -0.2) is 8.42 Å². The topological polar surface area (TPSA) is 84.9 Å². The molecule has 1 N–H and O–H groups in total. The summed E-state index contributed by atoms with van der Waals surface area (Å²) in [6.07, 6.45) is 0. The van der Waals surface area contributed by atoms with Crippen molar-refractivity contribution >= 4 is 33.2 Å². The second-order valence-corrected chi connectivity index (χ2v) is 9.95. The summed E-state index contributed by atoms with van der Waals surface area (Å²) in [6, 6.07) is 17.9. The van der Waals surface area contributed by atoms with E-state index in [0.29, 0.717) is 11.5 Å². The number of aryl methyl sites for hydroxylation is 1. The molecule has 0 bridgehead atoms. The third-order valence-electron chi connectivity index (χ3n) is 5.30. The Bertz CT molecular complexity index is 1260. The van der Waals surface area contributed by atoms with Gasteiger partial charge in [-0.15, -0.1) is 0 Å². The quantitative estimate of drug-likeness (QED) is 0.457. The standard InChI is InChI=1S/C25H27ClN2O5S/c1-17-9-12-20(13-10-17)34(30,31)28(22-8-6-5-7-21(22)26)16-25(29)27-18(2)19-11-14-23(32-3)24(15-19)33-4/h5-15,18H,16H2,1-4H3,(H,27,29)/t18-/m1/s1. The monoisotopic (exact) mass is 502 g/mol. The minimum atomic E-state index is -4.06. The van der Waals surface area contributed by atoms with Crippen molar-refractivity contribution in [3.63, 3.8) is 0 Å². The van der Waals surface area contributed by atoms with Crippen LogP contribution >= 0.6 is 11.6 Å². The number of ether oxygens (including phenoxy) is 2. The molecule has 3 rings (SSSR count). The van der Waals surface area contributed by atoms with Crippen LogP contribution in [0.4, 0.5) is 5.69 Å². The van der Waals surface area contributed by atoms with Gasteiger partial charge >= 0.3 is 0 Å². The third kappa shape index (κ3) is 5.63. The molecule has 0 radical (unpaired) electrons. The van der Waals surface area contributed by atoms with Crippen LogP contribution in [-0.2, 0) is 14.8 Å². The molecule has 1 amide bonds. The van der Waals surface area contributed by atoms with E-state index < -0.39 is 28.5 Å². The van der Waals surface area contributed by atoms with Crippen molar-refractivity contribution in [2.45, 2.75) is 24.8 Å². The molecule has 0 aliphatic carbocycles. The molecule has 34 heavy (non-hydrogen) atoms. The fraction of sp³-hybridized carbons (Fsp3) is 0.240. The summed E-state index contributed by atoms with van der Waals surface area (Å²) in [5.41, 5.74) is 1.92. The van der Waals surface area contributed by atoms with E-state index in [1.165, 1.54) is 19.2 Å². The summed E-state index contributed by atoms with van der Waals surface area (Å²) in [5, 5.41) is 3.07. The van der Waals surface area contributed by atoms with E-state index in [4.69, 9.17) is 21.1 Å². The fourth-order valence-corrected chi connectivity index (χ4v) is 5.14. The van der Waals surface area contributed by atoms with Gasteiger partial charge in [0.1, 0.15) is 6.54 Å². The van der Waals surface area contributed by atoms with Crippen molar-refractivity contribution in [2.24, 2.45) is 0 Å². The molecule has 7 nitrogen and oxygen atoms in total. The molecule has 0 aliphatic heterocycles. The maximum atomic E-state index is 13.5. The number of benzene rings is 3. The number of sulfonamides is 1. The second-order valence-electron chi connectivity index (χ2n) is 7.68. The molecule has 0 aromatic heterocycles. The van der Waals surface area contributed by atoms with Crippen molar-refractivity contribution in [3.8, 4) is 11.5 Å². The number of carbonyl (C=O) groups excluding carboxylic acids is 1. The lowest BCUT2D eigenvalue weighted by atomic mass is 10.1. The van der Waals surface area contributed by atoms with Gasteiger partial charge in [-0.05, 0) is 55.8 Å². The number of halogens is 1. The summed E-state index contributed by atoms with van der Waals surface area (Å²) in [4.78, 5) is 13.1. The first-order valence-corrected chi connectivity index (χ1v) is 12.3. The van der Waals surface area contributed by atoms with Crippen LogP contribution in [0.2, 0.25) is 5.02 Å². The molecule has 3 aromatic rings. The Morgan fingerprint density at radius 3 is 2.26 bits per heavy atom. The second kappa shape index (κ2) is 10.8. The highest BCUT2D eigenvalue weighted by atomic mass is 35.5. The van der Waals surface area contributed by atoms with Gasteiger partial charge < -0.3 is 14.8 Å². The van der Waals surface area contributed by atoms with E-state index in [1.54, 1.807) is 68.6 Å². The molecule has 0 saturated carbocycles. The number of hydrogen-bond donors (Lipinski definition) is 1. The predicted octanol–water partition coefficient (Wildman–Crippen LogP) is 4.74. The molecule has 0 saturated heterocycles. The highest BCUT2D eigenvalue weighted by Gasteiger charge is 2.29. The van der Waals surface area contributed by atoms with Gasteiger partial charge in [-0.2, -0.15) is 0 Å². The van der Waals surface area contributed by atoms with E-state index in [1.807, 2.05) is 6.92 Å². The zero-order valence-corrected chi connectivity index (χ0v) is 21.0. The summed E-state index contributed by atoms with van der Waals surface area (Å²) in [7, 11) is -0.985. The predicted molar refractivity (Wildman–Crippen MR) is 133 cm³/mol. The maximum Gasteiger partial charge on any atom is 0.264 e. The molecule has 3 aromatic carbocycles. The summed E-state index contributed by atoms with van der Waals surface area (Å²) >= 11 is 6.32. The van der Waals surface area contributed by atoms with Crippen LogP contribution in [-0.4, -0.2) is 35.1 Å². The van der Waals surface area contributed by atoms with Crippen molar-refractivity contribution in [1.82, 2.24) is 5.32 Å². The lowest BCUT2D eigenvalue weighted by Crippen LogP contribution is -2.41. The molecular weight excluding hydrogens is 476 g/mol. The Hall–Kier alpha value is -3.23. The van der Waals surface area contributed by atoms with E-state index >= 15 is 0 Å². The van der Waals surface area contributed by atoms with Crippen molar-refractivity contribution in [1.29, 1.82) is 0 Å². The number of para-hydroxylation sites is 1. The van der Waals surface area contributed by atoms with E-state index in [9.17, 15) is 13.2 Å². The number of nitrogens with zero attached hydrogens (tertiary/aromatic N) is 1. The summed E-state index contributed by atoms with van der Waals surface area (Å²) in [5.74, 6) is 0.609. The van der Waals surface area contributed by atoms with Crippen LogP contribution < -0.4 is 19.1 Å². The van der Waals surface area contributed by atoms with Gasteiger partial charge in [0.2, 0.25) is 5.91 Å². The highest BCUT2D eigenvalue weighted by Crippen LogP contribution is 2.31. The van der Waals surface area contributed by atoms with Crippen molar-refractivity contribution in [2.75, 3.05) is 25.1 Å². The van der Waals surface area contributed by atoms with Gasteiger partial charge in [0, 0.05) is 0 Å². The Morgan fingerprint density at radius 2 is 1.65 bits per heavy atom. The number of methoxy groups -OCH3 is 2. The number of nitrogens with one attached hydrogen (secondary N) is 1. The summed E-state index contributed by atoms with van der Waals surface area (Å²) < 4.78 is 38.6. The highest BCUT2D eigenvalue weighted by molar-refractivity contribution is 7.92. The first-order chi connectivity index (χ1) is 16.2. The van der Waals surface area contributed by atoms with Crippen LogP contribution in [0.25, 0.3) is 0 Å². The maximum absolute atomic E-state index is 13.5. The van der Waals surface area contributed by atoms with Gasteiger partial charge in [0.05, 0.1) is 35.9 Å².